The van der Waals surface area contributed by atoms with Gasteiger partial charge in [-0.2, -0.15) is 0 Å². The molecule has 0 fully saturated rings. The van der Waals surface area contributed by atoms with Crippen molar-refractivity contribution in [2.45, 2.75) is 6.54 Å². The van der Waals surface area contributed by atoms with Gasteiger partial charge in [0.15, 0.2) is 0 Å². The van der Waals surface area contributed by atoms with E-state index in [0.29, 0.717) is 11.5 Å². The van der Waals surface area contributed by atoms with Gasteiger partial charge in [-0.05, 0) is 17.2 Å². The molecule has 0 aliphatic rings. The van der Waals surface area contributed by atoms with Crippen LogP contribution in [0.1, 0.15) is 5.56 Å². The van der Waals surface area contributed by atoms with Crippen LogP contribution in [-0.2, 0) is 28.4 Å². The van der Waals surface area contributed by atoms with Gasteiger partial charge in [-0.15, -0.1) is 0 Å². The van der Waals surface area contributed by atoms with Gasteiger partial charge in [-0.3, -0.25) is 4.79 Å². The molecule has 3 rings (SSSR count). The molecule has 0 spiro atoms. The number of benzene rings is 1. The Morgan fingerprint density at radius 3 is 2.81 bits per heavy atom. The first-order chi connectivity index (χ1) is 12.3. The number of sulfonamides is 1. The van der Waals surface area contributed by atoms with Crippen LogP contribution in [0.5, 0.6) is 0 Å². The predicted molar refractivity (Wildman–Crippen MR) is 98.2 cm³/mol. The molecule has 0 aliphatic heterocycles. The minimum atomic E-state index is -3.76. The zero-order valence-electron chi connectivity index (χ0n) is 14.0. The van der Waals surface area contributed by atoms with Crippen LogP contribution in [0.15, 0.2) is 36.8 Å². The van der Waals surface area contributed by atoms with Gasteiger partial charge in [0.1, 0.15) is 23.5 Å². The van der Waals surface area contributed by atoms with Crippen LogP contribution in [0, 0.1) is 0 Å². The van der Waals surface area contributed by atoms with Gasteiger partial charge in [0.05, 0.1) is 5.39 Å². The predicted octanol–water partition coefficient (Wildman–Crippen LogP) is 0.122. The average Bonchev–Trinajstić information content (AvgIpc) is 2.91. The maximum atomic E-state index is 11.7. The molecule has 5 N–H and O–H groups in total. The normalized spacial score (nSPS) is 11.7. The number of amides is 1. The lowest BCUT2D eigenvalue weighted by atomic mass is 10.0. The van der Waals surface area contributed by atoms with Gasteiger partial charge >= 0.3 is 0 Å². The molecular formula is C16H18N6O3S. The molecule has 0 saturated heterocycles. The van der Waals surface area contributed by atoms with E-state index in [1.54, 1.807) is 6.07 Å². The van der Waals surface area contributed by atoms with Gasteiger partial charge in [-0.25, -0.2) is 23.1 Å². The topological polar surface area (TPSA) is 146 Å². The molecule has 1 amide bonds. The number of carbonyl (C=O) groups is 1. The molecule has 0 bridgehead atoms. The minimum absolute atomic E-state index is 0.0419. The first kappa shape index (κ1) is 17.8. The van der Waals surface area contributed by atoms with Crippen molar-refractivity contribution in [3.63, 3.8) is 0 Å². The van der Waals surface area contributed by atoms with E-state index in [9.17, 15) is 13.2 Å². The Bertz CT molecular complexity index is 1090. The van der Waals surface area contributed by atoms with Gasteiger partial charge in [0, 0.05) is 25.4 Å². The summed E-state index contributed by atoms with van der Waals surface area (Å²) < 4.78 is 27.7. The van der Waals surface area contributed by atoms with Gasteiger partial charge in [0.25, 0.3) is 0 Å². The molecule has 1 aromatic carbocycles. The number of carbonyl (C=O) groups excluding carboxylic acids is 1. The average molecular weight is 374 g/mol. The molecule has 2 aromatic heterocycles. The molecule has 10 heteroatoms. The first-order valence-corrected chi connectivity index (χ1v) is 9.32. The van der Waals surface area contributed by atoms with E-state index in [2.05, 4.69) is 14.7 Å². The van der Waals surface area contributed by atoms with Crippen LogP contribution in [-0.4, -0.2) is 34.6 Å². The Labute approximate surface area is 150 Å². The highest BCUT2D eigenvalue weighted by atomic mass is 32.2. The number of aromatic nitrogens is 3. The Hall–Kier alpha value is -2.98. The molecule has 0 saturated carbocycles. The lowest BCUT2D eigenvalue weighted by Crippen LogP contribution is -2.32. The number of aryl methyl sites for hydroxylation is 1. The van der Waals surface area contributed by atoms with Gasteiger partial charge in [-0.1, -0.05) is 18.2 Å². The highest BCUT2D eigenvalue weighted by molar-refractivity contribution is 7.90. The maximum absolute atomic E-state index is 11.7. The quantitative estimate of drug-likeness (QED) is 0.558. The highest BCUT2D eigenvalue weighted by Crippen LogP contribution is 2.32. The molecular weight excluding hydrogens is 356 g/mol. The molecule has 0 aliphatic carbocycles. The van der Waals surface area contributed by atoms with E-state index < -0.39 is 21.7 Å². The second-order valence-electron chi connectivity index (χ2n) is 5.86. The summed E-state index contributed by atoms with van der Waals surface area (Å²) in [6.45, 7) is 0.0419. The van der Waals surface area contributed by atoms with Crippen molar-refractivity contribution < 1.29 is 13.2 Å². The van der Waals surface area contributed by atoms with Crippen molar-refractivity contribution in [1.29, 1.82) is 0 Å². The minimum Gasteiger partial charge on any atom is -0.383 e. The third-order valence-electron chi connectivity index (χ3n) is 3.85. The highest BCUT2D eigenvalue weighted by Gasteiger charge is 2.15. The van der Waals surface area contributed by atoms with Gasteiger partial charge in [0.2, 0.25) is 15.9 Å². The molecule has 2 heterocycles. The number of nitrogens with zero attached hydrogens (tertiary/aromatic N) is 3. The largest absolute Gasteiger partial charge is 0.383 e. The third-order valence-corrected chi connectivity index (χ3v) is 5.10. The fourth-order valence-corrected chi connectivity index (χ4v) is 3.60. The lowest BCUT2D eigenvalue weighted by Gasteiger charge is -2.07. The second-order valence-corrected chi connectivity index (χ2v) is 7.66. The summed E-state index contributed by atoms with van der Waals surface area (Å²) in [5, 5.41) is 0.737. The Morgan fingerprint density at radius 2 is 2.08 bits per heavy atom. The zero-order valence-corrected chi connectivity index (χ0v) is 14.8. The van der Waals surface area contributed by atoms with Crippen molar-refractivity contribution in [2.75, 3.05) is 11.5 Å². The van der Waals surface area contributed by atoms with Crippen molar-refractivity contribution in [3.05, 3.63) is 42.4 Å². The number of anilines is 1. The van der Waals surface area contributed by atoms with E-state index in [1.807, 2.05) is 36.0 Å². The number of primary amides is 1. The summed E-state index contributed by atoms with van der Waals surface area (Å²) in [5.41, 5.74) is 14.1. The van der Waals surface area contributed by atoms with Crippen molar-refractivity contribution in [3.8, 4) is 11.1 Å². The number of nitrogen functional groups attached to an aromatic ring is 1. The van der Waals surface area contributed by atoms with Crippen LogP contribution in [0.4, 0.5) is 5.82 Å². The monoisotopic (exact) mass is 374 g/mol. The molecule has 0 atom stereocenters. The smallest absolute Gasteiger partial charge is 0.234 e. The molecule has 9 nitrogen and oxygen atoms in total. The Morgan fingerprint density at radius 1 is 1.31 bits per heavy atom. The van der Waals surface area contributed by atoms with Crippen LogP contribution in [0.25, 0.3) is 22.2 Å². The Balaban J connectivity index is 1.93. The van der Waals surface area contributed by atoms with E-state index in [0.717, 1.165) is 22.1 Å². The number of rotatable bonds is 6. The summed E-state index contributed by atoms with van der Waals surface area (Å²) in [6.07, 6.45) is 3.30. The summed E-state index contributed by atoms with van der Waals surface area (Å²) in [6, 6.07) is 7.32. The second kappa shape index (κ2) is 6.73. The van der Waals surface area contributed by atoms with Crippen LogP contribution in [0.3, 0.4) is 0 Å². The number of nitrogens with one attached hydrogen (secondary N) is 1. The SMILES string of the molecule is Cn1cc(-c2cccc(CNS(=O)(=O)CC(N)=O)c2)c2c(N)ncnc21. The standard InChI is InChI=1S/C16H18N6O3S/c1-22-7-12(14-15(18)19-9-20-16(14)22)11-4-2-3-10(5-11)6-21-26(24,25)8-13(17)23/h2-5,7,9,21H,6,8H2,1H3,(H2,17,23)(H2,18,19,20). The summed E-state index contributed by atoms with van der Waals surface area (Å²) in [7, 11) is -1.90. The first-order valence-electron chi connectivity index (χ1n) is 7.67. The van der Waals surface area contributed by atoms with Crippen molar-refractivity contribution in [1.82, 2.24) is 19.3 Å². The molecule has 0 unspecified atom stereocenters. The molecule has 26 heavy (non-hydrogen) atoms. The third kappa shape index (κ3) is 3.65. The van der Waals surface area contributed by atoms with Crippen LogP contribution in [0.2, 0.25) is 0 Å². The number of fused-ring (bicyclic) bond motifs is 1. The number of nitrogens with two attached hydrogens (primary N) is 2. The summed E-state index contributed by atoms with van der Waals surface area (Å²) in [4.78, 5) is 19.1. The maximum Gasteiger partial charge on any atom is 0.234 e. The van der Waals surface area contributed by atoms with E-state index in [4.69, 9.17) is 11.5 Å². The van der Waals surface area contributed by atoms with Crippen molar-refractivity contribution >= 4 is 32.8 Å². The fraction of sp³-hybridized carbons (Fsp3) is 0.188. The fourth-order valence-electron chi connectivity index (χ4n) is 2.73. The number of hydrogen-bond acceptors (Lipinski definition) is 6. The lowest BCUT2D eigenvalue weighted by molar-refractivity contribution is -0.115. The Kier molecular flexibility index (Phi) is 4.62. The summed E-state index contributed by atoms with van der Waals surface area (Å²) in [5.74, 6) is -1.28. The molecule has 3 aromatic rings. The number of hydrogen-bond donors (Lipinski definition) is 3. The van der Waals surface area contributed by atoms with E-state index >= 15 is 0 Å². The van der Waals surface area contributed by atoms with E-state index in [-0.39, 0.29) is 6.54 Å². The van der Waals surface area contributed by atoms with Gasteiger partial charge < -0.3 is 16.0 Å². The zero-order chi connectivity index (χ0) is 18.9. The van der Waals surface area contributed by atoms with Crippen molar-refractivity contribution in [2.24, 2.45) is 12.8 Å². The van der Waals surface area contributed by atoms with E-state index in [1.165, 1.54) is 6.33 Å². The van der Waals surface area contributed by atoms with Crippen LogP contribution >= 0.6 is 0 Å². The molecule has 136 valence electrons. The van der Waals surface area contributed by atoms with Crippen LogP contribution < -0.4 is 16.2 Å². The summed E-state index contributed by atoms with van der Waals surface area (Å²) >= 11 is 0. The molecule has 0 radical (unpaired) electrons.